The number of Topliss-reactive ketones (excluding diaryl/α,β-unsaturated/α-hetero) is 8. The van der Waals surface area contributed by atoms with Crippen molar-refractivity contribution < 1.29 is 124 Å². The summed E-state index contributed by atoms with van der Waals surface area (Å²) in [5.41, 5.74) is 5.72. The first-order valence-corrected chi connectivity index (χ1v) is 51.4. The SMILES string of the molecule is C.CC(C)C[C@@H](OCC(=O)c1cccc(C(=O)CO[C@H](CC(C)C)C(=O)O)c1)C(=O)O.CC(C)C[C@@H](OCC(=O)c1cccc(C(=O)CO[C@H](CC(C)C)C(=O)OC(C)(C)C)c1)C(=O)OC(C)(C)C.CCCCCCCCCCCC(=O)[C@@H](CC(C)C)OCC(=O)c1cccc(C(=O)CO[C@H](CC(C)C)C(=O)CCCCCCCCCCC)c1.CCCCCCCCCCN.ClCCl.O=CC(F)(F)F. The Hall–Kier alpha value is -7.34. The van der Waals surface area contributed by atoms with Gasteiger partial charge < -0.3 is 53.8 Å². The summed E-state index contributed by atoms with van der Waals surface area (Å²) in [6.45, 7) is 39.7. The van der Waals surface area contributed by atoms with Crippen molar-refractivity contribution in [1.82, 2.24) is 0 Å². The van der Waals surface area contributed by atoms with Crippen molar-refractivity contribution >= 4 is 99.6 Å². The fraction of sp³-hybridized carbons (Fsp3) is 0.718. The maximum absolute atomic E-state index is 13.1. The predicted octanol–water partition coefficient (Wildman–Crippen LogP) is 26.5. The Balaban J connectivity index is -0.000000907. The van der Waals surface area contributed by atoms with Gasteiger partial charge >= 0.3 is 30.1 Å². The number of unbranched alkanes of at least 4 members (excludes halogenated alkanes) is 23. The fourth-order valence-electron chi connectivity index (χ4n) is 13.8. The van der Waals surface area contributed by atoms with Crippen LogP contribution in [0, 0.1) is 35.5 Å². The molecule has 139 heavy (non-hydrogen) atoms. The smallest absolute Gasteiger partial charge is 0.446 e. The van der Waals surface area contributed by atoms with Gasteiger partial charge in [-0.05, 0) is 160 Å². The lowest BCUT2D eigenvalue weighted by Gasteiger charge is -2.25. The molecule has 24 nitrogen and oxygen atoms in total. The number of benzene rings is 3. The predicted molar refractivity (Wildman–Crippen MR) is 548 cm³/mol. The summed E-state index contributed by atoms with van der Waals surface area (Å²) >= 11 is 9.53. The molecule has 3 aromatic rings. The van der Waals surface area contributed by atoms with E-state index < -0.39 is 109 Å². The number of hydrogen-bond donors (Lipinski definition) is 3. The molecule has 6 atom stereocenters. The van der Waals surface area contributed by atoms with Gasteiger partial charge in [-0.2, -0.15) is 13.2 Å². The van der Waals surface area contributed by atoms with E-state index >= 15 is 0 Å². The van der Waals surface area contributed by atoms with E-state index in [1.54, 1.807) is 84.0 Å². The number of carbonyl (C=O) groups is 13. The zero-order valence-corrected chi connectivity index (χ0v) is 89.1. The van der Waals surface area contributed by atoms with Gasteiger partial charge in [0.1, 0.15) is 63.1 Å². The normalized spacial score (nSPS) is 12.7. The molecule has 3 rings (SSSR count). The number of aliphatic carboxylic acids is 2. The molecule has 0 amide bonds. The Bertz CT molecular complexity index is 3650. The number of alkyl halides is 5. The molecular formula is C110H180Cl2F3NO23. The number of esters is 2. The third-order valence-corrected chi connectivity index (χ3v) is 21.0. The molecule has 0 saturated heterocycles. The first kappa shape index (κ1) is 138. The van der Waals surface area contributed by atoms with E-state index in [1.807, 2.05) is 55.4 Å². The van der Waals surface area contributed by atoms with Gasteiger partial charge in [-0.15, -0.1) is 23.2 Å². The van der Waals surface area contributed by atoms with E-state index in [0.717, 1.165) is 45.1 Å². The number of ether oxygens (including phenoxy) is 8. The van der Waals surface area contributed by atoms with Gasteiger partial charge in [-0.25, -0.2) is 19.2 Å². The van der Waals surface area contributed by atoms with Gasteiger partial charge in [0, 0.05) is 46.2 Å². The monoisotopic (exact) mass is 2010 g/mol. The van der Waals surface area contributed by atoms with Crippen molar-refractivity contribution in [3.63, 3.8) is 0 Å². The van der Waals surface area contributed by atoms with Gasteiger partial charge in [0.2, 0.25) is 6.29 Å². The molecule has 0 aliphatic rings. The average Bonchev–Trinajstić information content (AvgIpc) is 0.854. The molecule has 798 valence electrons. The van der Waals surface area contributed by atoms with Gasteiger partial charge in [-0.1, -0.05) is 314 Å². The molecule has 0 aliphatic heterocycles. The Morgan fingerprint density at radius 3 is 0.698 bits per heavy atom. The molecule has 0 saturated carbocycles. The van der Waals surface area contributed by atoms with E-state index in [-0.39, 0.29) is 144 Å². The second-order valence-electron chi connectivity index (χ2n) is 39.7. The quantitative estimate of drug-likeness (QED) is 0.0155. The van der Waals surface area contributed by atoms with Crippen LogP contribution in [-0.4, -0.2) is 192 Å². The molecule has 0 bridgehead atoms. The van der Waals surface area contributed by atoms with Gasteiger partial charge in [0.15, 0.2) is 70.7 Å². The second kappa shape index (κ2) is 82.0. The summed E-state index contributed by atoms with van der Waals surface area (Å²) in [4.78, 5) is 159. The molecule has 0 spiro atoms. The molecule has 4 N–H and O–H groups in total. The Morgan fingerprint density at radius 1 is 0.331 bits per heavy atom. The van der Waals surface area contributed by atoms with E-state index in [4.69, 9.17) is 71.6 Å². The van der Waals surface area contributed by atoms with E-state index in [9.17, 15) is 80.9 Å². The van der Waals surface area contributed by atoms with Crippen molar-refractivity contribution in [3.8, 4) is 0 Å². The number of carboxylic acids is 2. The Morgan fingerprint density at radius 2 is 0.511 bits per heavy atom. The first-order valence-electron chi connectivity index (χ1n) is 50.4. The Labute approximate surface area is 842 Å². The van der Waals surface area contributed by atoms with Crippen LogP contribution < -0.4 is 5.73 Å². The molecule has 0 fully saturated rings. The number of hydrogen-bond acceptors (Lipinski definition) is 22. The van der Waals surface area contributed by atoms with E-state index in [0.29, 0.717) is 49.7 Å². The highest BCUT2D eigenvalue weighted by atomic mass is 35.5. The van der Waals surface area contributed by atoms with Crippen LogP contribution in [0.1, 0.15) is 433 Å². The zero-order chi connectivity index (χ0) is 105. The summed E-state index contributed by atoms with van der Waals surface area (Å²) in [6.07, 6.45) is 25.1. The topological polar surface area (TPSA) is 362 Å². The molecule has 0 unspecified atom stereocenters. The van der Waals surface area contributed by atoms with E-state index in [1.165, 1.54) is 159 Å². The maximum Gasteiger partial charge on any atom is 0.446 e. The first-order chi connectivity index (χ1) is 64.9. The number of rotatable bonds is 70. The Kier molecular flexibility index (Phi) is 81.4. The van der Waals surface area contributed by atoms with Gasteiger partial charge in [-0.3, -0.25) is 43.2 Å². The molecule has 0 aliphatic carbocycles. The van der Waals surface area contributed by atoms with Crippen LogP contribution in [0.4, 0.5) is 13.2 Å². The van der Waals surface area contributed by atoms with E-state index in [2.05, 4.69) is 48.5 Å². The standard InChI is InChI=1S/C44H74O6.C30H46O8.C22H30O8.C10H23N.C2HF3O.CH2Cl2.CH4/c1-7-9-11-13-15-17-19-21-23-28-39(45)43(30-35(3)4)49-33-41(47)37-26-25-27-38(32-37)42(48)34-50-44(31-36(5)6)40(46)29-24-22-20-18-16-14-12-10-8-2;1-19(2)14-25(27(33)37-29(5,6)7)35-17-23(31)21-12-11-13-22(16-21)24(32)18-36-26(15-20(3)4)28(34)38-30(8,9)10;1-13(2)8-19(21(25)26)29-11-17(23)15-6-5-7-16(10-15)18(24)12-30-20(22(27)28)9-14(3)4;1-2-3-4-5-6-7-8-9-10-11;3-2(4,5)1-6;2-1-3;/h25-27,32,35-36,43-44H,7-24,28-31,33-34H2,1-6H3;11-13,16,19-20,25-26H,14-15,17-18H2,1-10H3;5-7,10,13-14,19-20H,8-9,11-12H2,1-4H3,(H,25,26)(H,27,28);2-11H2,1H3;1H;1H2;1H4/t43-,44-;25-,26-;19-,20-;;;;/m111..../s1. The highest BCUT2D eigenvalue weighted by Crippen LogP contribution is 2.25. The number of ketones is 8. The summed E-state index contributed by atoms with van der Waals surface area (Å²) < 4.78 is 75.8. The molecular weight excluding hydrogens is 1830 g/mol. The minimum absolute atomic E-state index is 0. The molecule has 0 aromatic heterocycles. The summed E-state index contributed by atoms with van der Waals surface area (Å²) in [5, 5.41) is 18.6. The van der Waals surface area contributed by atoms with Gasteiger partial charge in [0.25, 0.3) is 0 Å². The van der Waals surface area contributed by atoms with Crippen molar-refractivity contribution in [2.75, 3.05) is 51.5 Å². The van der Waals surface area contributed by atoms with Crippen molar-refractivity contribution in [2.24, 2.45) is 41.2 Å². The lowest BCUT2D eigenvalue weighted by Crippen LogP contribution is -2.35. The summed E-state index contributed by atoms with van der Waals surface area (Å²) in [6, 6.07) is 18.7. The minimum Gasteiger partial charge on any atom is -0.479 e. The minimum atomic E-state index is -4.64. The highest BCUT2D eigenvalue weighted by Gasteiger charge is 2.32. The third kappa shape index (κ3) is 76.9. The van der Waals surface area contributed by atoms with Crippen LogP contribution in [-0.2, 0) is 71.5 Å². The molecule has 3 aromatic carbocycles. The maximum atomic E-state index is 13.1. The van der Waals surface area contributed by atoms with Crippen molar-refractivity contribution in [1.29, 1.82) is 0 Å². The number of carbonyl (C=O) groups excluding carboxylic acids is 11. The van der Waals surface area contributed by atoms with Crippen molar-refractivity contribution in [3.05, 3.63) is 106 Å². The summed E-state index contributed by atoms with van der Waals surface area (Å²) in [7, 11) is 0. The number of halogens is 5. The van der Waals surface area contributed by atoms with Crippen LogP contribution in [0.15, 0.2) is 72.8 Å². The van der Waals surface area contributed by atoms with Crippen LogP contribution in [0.3, 0.4) is 0 Å². The van der Waals surface area contributed by atoms with Crippen LogP contribution in [0.25, 0.3) is 0 Å². The van der Waals surface area contributed by atoms with Crippen molar-refractivity contribution in [2.45, 2.75) is 425 Å². The second-order valence-corrected chi connectivity index (χ2v) is 40.5. The number of nitrogens with two attached hydrogens (primary N) is 1. The summed E-state index contributed by atoms with van der Waals surface area (Å²) in [5.74, 6) is -4.32. The zero-order valence-electron chi connectivity index (χ0n) is 87.6. The fourth-order valence-corrected chi connectivity index (χ4v) is 13.8. The number of aldehydes is 1. The average molecular weight is 2010 g/mol. The molecule has 0 heterocycles. The molecule has 29 heteroatoms. The largest absolute Gasteiger partial charge is 0.479 e. The van der Waals surface area contributed by atoms with Crippen LogP contribution in [0.5, 0.6) is 0 Å². The number of carboxylic acid groups (broad SMARTS) is 2. The highest BCUT2D eigenvalue weighted by molar-refractivity contribution is 6.40. The molecule has 0 radical (unpaired) electrons. The van der Waals surface area contributed by atoms with Crippen LogP contribution in [0.2, 0.25) is 0 Å². The third-order valence-electron chi connectivity index (χ3n) is 21.0. The lowest BCUT2D eigenvalue weighted by atomic mass is 9.98. The van der Waals surface area contributed by atoms with Gasteiger partial charge in [0.05, 0.1) is 5.34 Å². The van der Waals surface area contributed by atoms with Crippen LogP contribution >= 0.6 is 23.2 Å². The lowest BCUT2D eigenvalue weighted by molar-refractivity contribution is -0.169.